The third-order valence-electron chi connectivity index (χ3n) is 7.61. The van der Waals surface area contributed by atoms with Crippen LogP contribution in [0.25, 0.3) is 11.5 Å². The predicted molar refractivity (Wildman–Crippen MR) is 159 cm³/mol. The fraction of sp³-hybridized carbons (Fsp3) is 0.517. The lowest BCUT2D eigenvalue weighted by Crippen LogP contribution is -2.48. The molecule has 2 saturated heterocycles. The van der Waals surface area contributed by atoms with E-state index < -0.39 is 0 Å². The summed E-state index contributed by atoms with van der Waals surface area (Å²) in [6.07, 6.45) is 9.39. The van der Waals surface area contributed by atoms with E-state index in [-0.39, 0.29) is 6.04 Å². The van der Waals surface area contributed by atoms with E-state index >= 15 is 0 Å². The minimum atomic E-state index is 0.213. The van der Waals surface area contributed by atoms with Gasteiger partial charge < -0.3 is 14.8 Å². The highest BCUT2D eigenvalue weighted by atomic mass is 79.9. The number of piperidine rings is 2. The van der Waals surface area contributed by atoms with Crippen LogP contribution < -0.4 is 25.6 Å². The van der Waals surface area contributed by atoms with Gasteiger partial charge in [-0.25, -0.2) is 25.8 Å². The minimum absolute atomic E-state index is 0.213. The van der Waals surface area contributed by atoms with Gasteiger partial charge in [-0.1, -0.05) is 0 Å². The summed E-state index contributed by atoms with van der Waals surface area (Å²) in [5.74, 6) is 9.62. The molecule has 3 aromatic rings. The quantitative estimate of drug-likeness (QED) is 0.254. The number of halogens is 1. The summed E-state index contributed by atoms with van der Waals surface area (Å²) in [6.45, 7) is 9.85. The first-order valence-corrected chi connectivity index (χ1v) is 15.1. The molecule has 214 valence electrons. The second-order valence-electron chi connectivity index (χ2n) is 10.3. The maximum atomic E-state index is 6.52. The molecule has 2 fully saturated rings. The van der Waals surface area contributed by atoms with Gasteiger partial charge in [-0.15, -0.1) is 0 Å². The molecule has 5 rings (SSSR count). The first-order chi connectivity index (χ1) is 19.6. The molecule has 0 radical (unpaired) electrons. The molecule has 4 heterocycles. The van der Waals surface area contributed by atoms with E-state index in [1.54, 1.807) is 17.4 Å². The number of rotatable bonds is 10. The fourth-order valence-electron chi connectivity index (χ4n) is 5.55. The summed E-state index contributed by atoms with van der Waals surface area (Å²) >= 11 is 3.64. The number of nitrogens with one attached hydrogen (secondary N) is 1. The van der Waals surface area contributed by atoms with Crippen LogP contribution >= 0.6 is 15.9 Å². The number of aromatic nitrogens is 4. The molecule has 2 aromatic heterocycles. The van der Waals surface area contributed by atoms with Crippen molar-refractivity contribution < 1.29 is 9.47 Å². The van der Waals surface area contributed by atoms with Crippen LogP contribution in [-0.4, -0.2) is 70.3 Å². The summed E-state index contributed by atoms with van der Waals surface area (Å²) in [5.41, 5.74) is 3.05. The third kappa shape index (κ3) is 6.71. The van der Waals surface area contributed by atoms with Crippen molar-refractivity contribution in [3.05, 3.63) is 52.4 Å². The Bertz CT molecular complexity index is 1220. The second kappa shape index (κ2) is 13.7. The van der Waals surface area contributed by atoms with E-state index in [2.05, 4.69) is 48.2 Å². The lowest BCUT2D eigenvalue weighted by atomic mass is 9.88. The van der Waals surface area contributed by atoms with Gasteiger partial charge in [-0.2, -0.15) is 0 Å². The van der Waals surface area contributed by atoms with Crippen molar-refractivity contribution in [2.75, 3.05) is 44.4 Å². The molecule has 2 aliphatic rings. The number of nitrogens with zero attached hydrogens (tertiary/aromatic N) is 6. The Balaban J connectivity index is 1.32. The molecular weight excluding hydrogens is 572 g/mol. The molecule has 0 amide bonds. The number of hydrogen-bond donors (Lipinski definition) is 2. The second-order valence-corrected chi connectivity index (χ2v) is 11.1. The zero-order chi connectivity index (χ0) is 27.9. The molecule has 3 N–H and O–H groups in total. The molecule has 0 atom stereocenters. The number of hydrazine groups is 1. The number of nitrogens with two attached hydrogens (primary N) is 1. The molecule has 11 heteroatoms. The molecule has 10 nitrogen and oxygen atoms in total. The zero-order valence-electron chi connectivity index (χ0n) is 23.4. The Hall–Kier alpha value is -2.86. The topological polar surface area (TPSA) is 115 Å². The van der Waals surface area contributed by atoms with E-state index in [1.165, 1.54) is 5.56 Å². The van der Waals surface area contributed by atoms with Gasteiger partial charge in [0.15, 0.2) is 5.82 Å². The van der Waals surface area contributed by atoms with E-state index in [1.807, 2.05) is 26.1 Å². The summed E-state index contributed by atoms with van der Waals surface area (Å²) in [5, 5.41) is 5.11. The van der Waals surface area contributed by atoms with Gasteiger partial charge in [0.25, 0.3) is 0 Å². The average Bonchev–Trinajstić information content (AvgIpc) is 3.00. The smallest absolute Gasteiger partial charge is 0.240 e. The van der Waals surface area contributed by atoms with Crippen LogP contribution in [0.5, 0.6) is 11.5 Å². The van der Waals surface area contributed by atoms with Crippen molar-refractivity contribution >= 4 is 21.9 Å². The van der Waals surface area contributed by atoms with Crippen molar-refractivity contribution in [2.24, 2.45) is 5.84 Å². The lowest BCUT2D eigenvalue weighted by Gasteiger charge is -2.33. The number of hydrogen-bond acceptors (Lipinski definition) is 10. The highest BCUT2D eigenvalue weighted by Crippen LogP contribution is 2.38. The minimum Gasteiger partial charge on any atom is -0.493 e. The van der Waals surface area contributed by atoms with Crippen molar-refractivity contribution in [1.82, 2.24) is 30.2 Å². The van der Waals surface area contributed by atoms with Crippen molar-refractivity contribution in [3.63, 3.8) is 0 Å². The molecule has 0 bridgehead atoms. The normalized spacial score (nSPS) is 17.1. The summed E-state index contributed by atoms with van der Waals surface area (Å²) in [6, 6.07) is 6.26. The van der Waals surface area contributed by atoms with Gasteiger partial charge in [-0.3, -0.25) is 9.91 Å². The predicted octanol–water partition coefficient (Wildman–Crippen LogP) is 4.31. The van der Waals surface area contributed by atoms with Gasteiger partial charge in [-0.05, 0) is 111 Å². The van der Waals surface area contributed by atoms with Crippen LogP contribution in [0.4, 0.5) is 5.95 Å². The molecule has 40 heavy (non-hydrogen) atoms. The van der Waals surface area contributed by atoms with Crippen LogP contribution in [-0.2, 0) is 6.54 Å². The third-order valence-corrected chi connectivity index (χ3v) is 8.40. The van der Waals surface area contributed by atoms with Gasteiger partial charge in [0.2, 0.25) is 5.95 Å². The molecule has 0 unspecified atom stereocenters. The van der Waals surface area contributed by atoms with Crippen LogP contribution in [0.3, 0.4) is 0 Å². The number of ether oxygens (including phenoxy) is 2. The molecule has 0 aliphatic carbocycles. The molecule has 0 saturated carbocycles. The highest BCUT2D eigenvalue weighted by molar-refractivity contribution is 9.10. The van der Waals surface area contributed by atoms with E-state index in [0.29, 0.717) is 30.9 Å². The van der Waals surface area contributed by atoms with Crippen molar-refractivity contribution in [3.8, 4) is 23.0 Å². The number of likely N-dealkylation sites (tertiary alicyclic amines) is 1. The van der Waals surface area contributed by atoms with Gasteiger partial charge in [0.05, 0.1) is 19.3 Å². The van der Waals surface area contributed by atoms with Gasteiger partial charge in [0.1, 0.15) is 21.7 Å². The monoisotopic (exact) mass is 610 g/mol. The van der Waals surface area contributed by atoms with Gasteiger partial charge in [0, 0.05) is 30.7 Å². The highest BCUT2D eigenvalue weighted by Gasteiger charge is 2.28. The SMILES string of the molecule is CCOc1cc(CN2CCC(c3cnc(N(N)C4CCNCC4)nc3-c3ncccn3)CC2)cc(OCC)c1Br. The van der Waals surface area contributed by atoms with Crippen LogP contribution in [0.15, 0.2) is 41.3 Å². The van der Waals surface area contributed by atoms with Crippen molar-refractivity contribution in [1.29, 1.82) is 0 Å². The number of benzene rings is 1. The van der Waals surface area contributed by atoms with E-state index in [4.69, 9.17) is 25.3 Å². The largest absolute Gasteiger partial charge is 0.493 e. The first kappa shape index (κ1) is 28.7. The molecule has 2 aliphatic heterocycles. The lowest BCUT2D eigenvalue weighted by molar-refractivity contribution is 0.204. The summed E-state index contributed by atoms with van der Waals surface area (Å²) in [7, 11) is 0. The Morgan fingerprint density at radius 3 is 2.27 bits per heavy atom. The van der Waals surface area contributed by atoms with Crippen molar-refractivity contribution in [2.45, 2.75) is 58.0 Å². The zero-order valence-corrected chi connectivity index (χ0v) is 24.9. The molecule has 0 spiro atoms. The first-order valence-electron chi connectivity index (χ1n) is 14.3. The summed E-state index contributed by atoms with van der Waals surface area (Å²) < 4.78 is 12.6. The molecule has 1 aromatic carbocycles. The number of anilines is 1. The van der Waals surface area contributed by atoms with Crippen LogP contribution in [0, 0.1) is 0 Å². The standard InChI is InChI=1S/C29H39BrN8O2/c1-3-39-24-16-20(17-25(26(24)30)40-4-2)19-37-14-8-21(9-15-37)23-18-35-29(38(31)22-6-12-32-13-7-22)36-27(23)28-33-10-5-11-34-28/h5,10-11,16-18,21-22,32H,3-4,6-9,12-15,19,31H2,1-2H3. The Morgan fingerprint density at radius 2 is 1.65 bits per heavy atom. The summed E-state index contributed by atoms with van der Waals surface area (Å²) in [4.78, 5) is 21.2. The van der Waals surface area contributed by atoms with Crippen LogP contribution in [0.2, 0.25) is 0 Å². The maximum Gasteiger partial charge on any atom is 0.240 e. The Morgan fingerprint density at radius 1 is 1.00 bits per heavy atom. The average molecular weight is 612 g/mol. The maximum absolute atomic E-state index is 6.52. The Kier molecular flexibility index (Phi) is 9.79. The fourth-order valence-corrected chi connectivity index (χ4v) is 6.01. The van der Waals surface area contributed by atoms with Crippen LogP contribution in [0.1, 0.15) is 56.6 Å². The molecular formula is C29H39BrN8O2. The van der Waals surface area contributed by atoms with Gasteiger partial charge >= 0.3 is 0 Å². The van der Waals surface area contributed by atoms with E-state index in [9.17, 15) is 0 Å². The Labute approximate surface area is 244 Å². The van der Waals surface area contributed by atoms with E-state index in [0.717, 1.165) is 85.6 Å².